The summed E-state index contributed by atoms with van der Waals surface area (Å²) in [4.78, 5) is 35.3. The van der Waals surface area contributed by atoms with Gasteiger partial charge in [0.2, 0.25) is 0 Å². The van der Waals surface area contributed by atoms with E-state index in [1.807, 2.05) is 19.1 Å². The molecule has 0 aliphatic carbocycles. The van der Waals surface area contributed by atoms with Gasteiger partial charge in [-0.25, -0.2) is 4.98 Å². The molecule has 0 unspecified atom stereocenters. The van der Waals surface area contributed by atoms with Gasteiger partial charge < -0.3 is 5.32 Å². The Balaban J connectivity index is 1.68. The minimum absolute atomic E-state index is 0.0141. The third-order valence-corrected chi connectivity index (χ3v) is 5.73. The van der Waals surface area contributed by atoms with Crippen molar-refractivity contribution < 1.29 is 4.79 Å². The van der Waals surface area contributed by atoms with E-state index in [-0.39, 0.29) is 11.5 Å². The van der Waals surface area contributed by atoms with Crippen LogP contribution in [0.25, 0.3) is 10.2 Å². The fourth-order valence-corrected chi connectivity index (χ4v) is 4.32. The van der Waals surface area contributed by atoms with Crippen LogP contribution in [-0.2, 0) is 19.5 Å². The van der Waals surface area contributed by atoms with E-state index in [1.54, 1.807) is 17.0 Å². The fourth-order valence-electron chi connectivity index (χ4n) is 3.21. The lowest BCUT2D eigenvalue weighted by Gasteiger charge is -2.16. The van der Waals surface area contributed by atoms with Gasteiger partial charge in [-0.05, 0) is 37.0 Å². The summed E-state index contributed by atoms with van der Waals surface area (Å²) in [6, 6.07) is 3.74. The molecule has 25 heavy (non-hydrogen) atoms. The number of rotatable bonds is 3. The van der Waals surface area contributed by atoms with Gasteiger partial charge in [-0.1, -0.05) is 6.07 Å². The SMILES string of the molecule is Cc1c(C(=O)NCc2cccnc2)sc2nc3n(c(=O)c12)CCCC3. The molecule has 1 aliphatic rings. The van der Waals surface area contributed by atoms with Crippen LogP contribution in [-0.4, -0.2) is 20.4 Å². The minimum atomic E-state index is -0.174. The number of aromatic nitrogens is 3. The molecule has 0 saturated carbocycles. The lowest BCUT2D eigenvalue weighted by atomic mass is 10.1. The number of amides is 1. The third kappa shape index (κ3) is 2.84. The predicted molar refractivity (Wildman–Crippen MR) is 97.0 cm³/mol. The molecule has 4 heterocycles. The van der Waals surface area contributed by atoms with Gasteiger partial charge in [-0.2, -0.15) is 0 Å². The van der Waals surface area contributed by atoms with E-state index in [2.05, 4.69) is 15.3 Å². The summed E-state index contributed by atoms with van der Waals surface area (Å²) in [5.41, 5.74) is 1.64. The highest BCUT2D eigenvalue weighted by Crippen LogP contribution is 2.28. The van der Waals surface area contributed by atoms with Gasteiger partial charge in [0.15, 0.2) is 0 Å². The molecule has 6 nitrogen and oxygen atoms in total. The van der Waals surface area contributed by atoms with E-state index < -0.39 is 0 Å². The zero-order chi connectivity index (χ0) is 17.4. The Morgan fingerprint density at radius 2 is 2.28 bits per heavy atom. The van der Waals surface area contributed by atoms with Crippen LogP contribution in [0.5, 0.6) is 0 Å². The van der Waals surface area contributed by atoms with E-state index >= 15 is 0 Å². The van der Waals surface area contributed by atoms with Crippen molar-refractivity contribution in [1.82, 2.24) is 19.9 Å². The molecule has 0 fully saturated rings. The zero-order valence-corrected chi connectivity index (χ0v) is 14.7. The molecule has 128 valence electrons. The maximum atomic E-state index is 12.8. The van der Waals surface area contributed by atoms with Crippen LogP contribution in [0.2, 0.25) is 0 Å². The highest BCUT2D eigenvalue weighted by molar-refractivity contribution is 7.20. The average Bonchev–Trinajstić information content (AvgIpc) is 2.97. The first-order valence-corrected chi connectivity index (χ1v) is 9.16. The Morgan fingerprint density at radius 1 is 1.40 bits per heavy atom. The fraction of sp³-hybridized carbons (Fsp3) is 0.333. The summed E-state index contributed by atoms with van der Waals surface area (Å²) in [5.74, 6) is 0.666. The van der Waals surface area contributed by atoms with E-state index in [4.69, 9.17) is 0 Å². The third-order valence-electron chi connectivity index (χ3n) is 4.54. The number of fused-ring (bicyclic) bond motifs is 2. The van der Waals surface area contributed by atoms with Gasteiger partial charge in [0, 0.05) is 31.9 Å². The number of carbonyl (C=O) groups is 1. The molecule has 3 aromatic rings. The lowest BCUT2D eigenvalue weighted by molar-refractivity contribution is 0.0954. The van der Waals surface area contributed by atoms with Crippen LogP contribution < -0.4 is 10.9 Å². The number of thiophene rings is 1. The van der Waals surface area contributed by atoms with E-state index in [9.17, 15) is 9.59 Å². The monoisotopic (exact) mass is 354 g/mol. The van der Waals surface area contributed by atoms with Crippen molar-refractivity contribution >= 4 is 27.5 Å². The van der Waals surface area contributed by atoms with E-state index in [0.29, 0.717) is 21.6 Å². The van der Waals surface area contributed by atoms with Crippen molar-refractivity contribution in [3.05, 3.63) is 56.7 Å². The van der Waals surface area contributed by atoms with Crippen LogP contribution >= 0.6 is 11.3 Å². The summed E-state index contributed by atoms with van der Waals surface area (Å²) in [5, 5.41) is 3.49. The summed E-state index contributed by atoms with van der Waals surface area (Å²) in [7, 11) is 0. The number of pyridine rings is 1. The van der Waals surface area contributed by atoms with Crippen molar-refractivity contribution in [3.8, 4) is 0 Å². The van der Waals surface area contributed by atoms with E-state index in [0.717, 1.165) is 42.8 Å². The topological polar surface area (TPSA) is 76.9 Å². The van der Waals surface area contributed by atoms with Gasteiger partial charge in [0.05, 0.1) is 10.3 Å². The Bertz CT molecular complexity index is 1010. The second kappa shape index (κ2) is 6.40. The molecule has 4 rings (SSSR count). The number of nitrogens with zero attached hydrogens (tertiary/aromatic N) is 3. The first-order chi connectivity index (χ1) is 12.1. The van der Waals surface area contributed by atoms with Crippen molar-refractivity contribution in [2.75, 3.05) is 0 Å². The standard InChI is InChI=1S/C18H18N4O2S/c1-11-14-17(21-13-6-2-3-8-22(13)18(14)24)25-15(11)16(23)20-10-12-5-4-7-19-9-12/h4-5,7,9H,2-3,6,8,10H2,1H3,(H,20,23). The van der Waals surface area contributed by atoms with Crippen molar-refractivity contribution in [2.45, 2.75) is 39.3 Å². The number of hydrogen-bond acceptors (Lipinski definition) is 5. The summed E-state index contributed by atoms with van der Waals surface area (Å²) >= 11 is 1.30. The Morgan fingerprint density at radius 3 is 3.08 bits per heavy atom. The van der Waals surface area contributed by atoms with E-state index in [1.165, 1.54) is 11.3 Å². The van der Waals surface area contributed by atoms with Crippen LogP contribution in [0.15, 0.2) is 29.3 Å². The molecule has 7 heteroatoms. The average molecular weight is 354 g/mol. The molecule has 0 bridgehead atoms. The van der Waals surface area contributed by atoms with Crippen LogP contribution in [0.1, 0.15) is 39.5 Å². The molecular formula is C18H18N4O2S. The maximum absolute atomic E-state index is 12.8. The van der Waals surface area contributed by atoms with Crippen LogP contribution in [0.3, 0.4) is 0 Å². The Kier molecular flexibility index (Phi) is 4.09. The van der Waals surface area contributed by atoms with Crippen molar-refractivity contribution in [2.24, 2.45) is 0 Å². The predicted octanol–water partition coefficient (Wildman–Crippen LogP) is 2.43. The van der Waals surface area contributed by atoms with Gasteiger partial charge in [-0.15, -0.1) is 11.3 Å². The summed E-state index contributed by atoms with van der Waals surface area (Å²) in [6.07, 6.45) is 6.30. The normalized spacial score (nSPS) is 13.6. The molecule has 3 aromatic heterocycles. The largest absolute Gasteiger partial charge is 0.347 e. The molecule has 0 atom stereocenters. The second-order valence-corrected chi connectivity index (χ2v) is 7.22. The molecule has 0 aromatic carbocycles. The number of aryl methyl sites for hydroxylation is 2. The molecular weight excluding hydrogens is 336 g/mol. The summed E-state index contributed by atoms with van der Waals surface area (Å²) in [6.45, 7) is 2.95. The number of carbonyl (C=O) groups excluding carboxylic acids is 1. The maximum Gasteiger partial charge on any atom is 0.262 e. The van der Waals surface area contributed by atoms with Gasteiger partial charge in [0.1, 0.15) is 10.7 Å². The highest BCUT2D eigenvalue weighted by Gasteiger charge is 2.22. The number of nitrogens with one attached hydrogen (secondary N) is 1. The molecule has 0 spiro atoms. The molecule has 0 radical (unpaired) electrons. The highest BCUT2D eigenvalue weighted by atomic mass is 32.1. The van der Waals surface area contributed by atoms with Crippen molar-refractivity contribution in [3.63, 3.8) is 0 Å². The molecule has 1 aliphatic heterocycles. The van der Waals surface area contributed by atoms with Crippen molar-refractivity contribution in [1.29, 1.82) is 0 Å². The Hall–Kier alpha value is -2.54. The second-order valence-electron chi connectivity index (χ2n) is 6.22. The molecule has 0 saturated heterocycles. The zero-order valence-electron chi connectivity index (χ0n) is 13.9. The molecule has 1 amide bonds. The summed E-state index contributed by atoms with van der Waals surface area (Å²) < 4.78 is 1.77. The smallest absolute Gasteiger partial charge is 0.262 e. The van der Waals surface area contributed by atoms with Gasteiger partial charge in [0.25, 0.3) is 11.5 Å². The molecule has 1 N–H and O–H groups in total. The first kappa shape index (κ1) is 16.0. The van der Waals surface area contributed by atoms with Crippen LogP contribution in [0.4, 0.5) is 0 Å². The lowest BCUT2D eigenvalue weighted by Crippen LogP contribution is -2.28. The number of hydrogen-bond donors (Lipinski definition) is 1. The van der Waals surface area contributed by atoms with Gasteiger partial charge in [-0.3, -0.25) is 19.1 Å². The quantitative estimate of drug-likeness (QED) is 0.784. The minimum Gasteiger partial charge on any atom is -0.347 e. The first-order valence-electron chi connectivity index (χ1n) is 8.35. The van der Waals surface area contributed by atoms with Crippen LogP contribution in [0, 0.1) is 6.92 Å². The van der Waals surface area contributed by atoms with Gasteiger partial charge >= 0.3 is 0 Å². The Labute approximate surface area is 148 Å².